The molecule has 1 aliphatic rings. The van der Waals surface area contributed by atoms with Crippen LogP contribution in [0.25, 0.3) is 0 Å². The minimum absolute atomic E-state index is 0.482. The molecule has 2 unspecified atom stereocenters. The highest BCUT2D eigenvalue weighted by atomic mass is 14.5. The molecule has 15 heavy (non-hydrogen) atoms. The van der Waals surface area contributed by atoms with Crippen LogP contribution in [0.3, 0.4) is 0 Å². The molecule has 1 saturated carbocycles. The molecule has 1 aromatic rings. The highest BCUT2D eigenvalue weighted by Gasteiger charge is 2.47. The molecule has 0 radical (unpaired) electrons. The molecular weight excluding hydrogens is 180 g/mol. The molecule has 0 aliphatic heterocycles. The average molecular weight is 202 g/mol. The Hall–Kier alpha value is -0.780. The molecule has 2 rings (SSSR count). The van der Waals surface area contributed by atoms with Crippen molar-refractivity contribution >= 4 is 0 Å². The molecule has 0 saturated heterocycles. The van der Waals surface area contributed by atoms with Gasteiger partial charge in [0.2, 0.25) is 0 Å². The van der Waals surface area contributed by atoms with Gasteiger partial charge in [-0.05, 0) is 47.3 Å². The molecule has 0 amide bonds. The lowest BCUT2D eigenvalue weighted by atomic mass is 9.91. The van der Waals surface area contributed by atoms with E-state index < -0.39 is 0 Å². The van der Waals surface area contributed by atoms with Gasteiger partial charge in [0.25, 0.3) is 0 Å². The Morgan fingerprint density at radius 3 is 2.27 bits per heavy atom. The monoisotopic (exact) mass is 202 g/mol. The largest absolute Gasteiger partial charge is 0.0616 e. The van der Waals surface area contributed by atoms with Crippen LogP contribution >= 0.6 is 0 Å². The topological polar surface area (TPSA) is 0 Å². The van der Waals surface area contributed by atoms with Crippen LogP contribution in [0, 0.1) is 5.92 Å². The van der Waals surface area contributed by atoms with Crippen molar-refractivity contribution in [3.63, 3.8) is 0 Å². The Labute approximate surface area is 93.7 Å². The molecule has 0 aromatic heterocycles. The van der Waals surface area contributed by atoms with Gasteiger partial charge in [0, 0.05) is 0 Å². The number of hydrogen-bond donors (Lipinski definition) is 0. The lowest BCUT2D eigenvalue weighted by molar-refractivity contribution is 0.700. The zero-order valence-electron chi connectivity index (χ0n) is 10.4. The fourth-order valence-corrected chi connectivity index (χ4v) is 2.63. The summed E-state index contributed by atoms with van der Waals surface area (Å²) in [4.78, 5) is 0. The molecule has 0 nitrogen and oxygen atoms in total. The van der Waals surface area contributed by atoms with Gasteiger partial charge in [0.15, 0.2) is 0 Å². The van der Waals surface area contributed by atoms with Crippen molar-refractivity contribution in [2.24, 2.45) is 5.92 Å². The van der Waals surface area contributed by atoms with E-state index in [1.807, 2.05) is 0 Å². The van der Waals surface area contributed by atoms with E-state index >= 15 is 0 Å². The lowest BCUT2D eigenvalue weighted by Gasteiger charge is -2.14. The zero-order valence-corrected chi connectivity index (χ0v) is 10.4. The highest BCUT2D eigenvalue weighted by Crippen LogP contribution is 2.53. The number of hydrogen-bond acceptors (Lipinski definition) is 0. The van der Waals surface area contributed by atoms with E-state index in [1.165, 1.54) is 18.4 Å². The van der Waals surface area contributed by atoms with Crippen LogP contribution in [-0.2, 0) is 18.3 Å². The molecule has 0 heterocycles. The quantitative estimate of drug-likeness (QED) is 0.692. The average Bonchev–Trinajstić information content (AvgIpc) is 2.87. The van der Waals surface area contributed by atoms with Crippen LogP contribution < -0.4 is 0 Å². The summed E-state index contributed by atoms with van der Waals surface area (Å²) in [5, 5.41) is 0. The van der Waals surface area contributed by atoms with E-state index in [0.29, 0.717) is 5.41 Å². The van der Waals surface area contributed by atoms with E-state index in [9.17, 15) is 0 Å². The fourth-order valence-electron chi connectivity index (χ4n) is 2.63. The molecule has 1 fully saturated rings. The first kappa shape index (κ1) is 10.7. The fraction of sp³-hybridized carbons (Fsp3) is 0.600. The van der Waals surface area contributed by atoms with Gasteiger partial charge in [0.05, 0.1) is 0 Å². The summed E-state index contributed by atoms with van der Waals surface area (Å²) in [6.45, 7) is 9.27. The van der Waals surface area contributed by atoms with E-state index in [2.05, 4.69) is 45.9 Å². The minimum Gasteiger partial charge on any atom is -0.0616 e. The van der Waals surface area contributed by atoms with Gasteiger partial charge in [-0.3, -0.25) is 0 Å². The first-order valence-electron chi connectivity index (χ1n) is 6.24. The third kappa shape index (κ3) is 1.71. The molecule has 2 atom stereocenters. The Bertz CT molecular complexity index is 364. The third-order valence-corrected chi connectivity index (χ3v) is 4.29. The van der Waals surface area contributed by atoms with Gasteiger partial charge in [0.1, 0.15) is 0 Å². The van der Waals surface area contributed by atoms with Crippen molar-refractivity contribution in [2.45, 2.75) is 52.4 Å². The van der Waals surface area contributed by atoms with Gasteiger partial charge in [-0.1, -0.05) is 45.9 Å². The smallest absolute Gasteiger partial charge is 0.00464 e. The summed E-state index contributed by atoms with van der Waals surface area (Å²) >= 11 is 0. The van der Waals surface area contributed by atoms with Crippen LogP contribution in [0.2, 0.25) is 0 Å². The first-order valence-corrected chi connectivity index (χ1v) is 6.24. The van der Waals surface area contributed by atoms with Crippen molar-refractivity contribution < 1.29 is 0 Å². The number of benzene rings is 1. The van der Waals surface area contributed by atoms with Gasteiger partial charge in [-0.15, -0.1) is 0 Å². The van der Waals surface area contributed by atoms with Crippen LogP contribution in [-0.4, -0.2) is 0 Å². The summed E-state index contributed by atoms with van der Waals surface area (Å²) in [7, 11) is 0. The maximum atomic E-state index is 2.45. The maximum absolute atomic E-state index is 2.45. The standard InChI is InChI=1S/C15H22/c1-5-12-7-8-14(9-13(12)6-2)15(4)10-11(15)3/h7-9,11H,5-6,10H2,1-4H3. The summed E-state index contributed by atoms with van der Waals surface area (Å²) in [5.41, 5.74) is 5.12. The molecule has 0 heteroatoms. The molecule has 0 bridgehead atoms. The highest BCUT2D eigenvalue weighted by molar-refractivity contribution is 5.39. The Kier molecular flexibility index (Phi) is 2.62. The molecule has 82 valence electrons. The normalized spacial score (nSPS) is 29.2. The van der Waals surface area contributed by atoms with Crippen molar-refractivity contribution in [3.05, 3.63) is 34.9 Å². The second kappa shape index (κ2) is 3.66. The molecule has 1 aliphatic carbocycles. The summed E-state index contributed by atoms with van der Waals surface area (Å²) in [6, 6.07) is 7.13. The Morgan fingerprint density at radius 2 is 1.80 bits per heavy atom. The predicted octanol–water partition coefficient (Wildman–Crippen LogP) is 4.11. The second-order valence-electron chi connectivity index (χ2n) is 5.21. The summed E-state index contributed by atoms with van der Waals surface area (Å²) in [6.07, 6.45) is 3.69. The lowest BCUT2D eigenvalue weighted by Crippen LogP contribution is -2.05. The van der Waals surface area contributed by atoms with Crippen molar-refractivity contribution in [3.8, 4) is 0 Å². The predicted molar refractivity (Wildman–Crippen MR) is 66.3 cm³/mol. The van der Waals surface area contributed by atoms with Gasteiger partial charge in [-0.2, -0.15) is 0 Å². The zero-order chi connectivity index (χ0) is 11.1. The van der Waals surface area contributed by atoms with Crippen LogP contribution in [0.5, 0.6) is 0 Å². The molecular formula is C15H22. The summed E-state index contributed by atoms with van der Waals surface area (Å²) in [5.74, 6) is 0.870. The first-order chi connectivity index (χ1) is 7.11. The number of aryl methyl sites for hydroxylation is 2. The van der Waals surface area contributed by atoms with Crippen molar-refractivity contribution in [2.75, 3.05) is 0 Å². The van der Waals surface area contributed by atoms with Crippen molar-refractivity contribution in [1.29, 1.82) is 0 Å². The van der Waals surface area contributed by atoms with Crippen molar-refractivity contribution in [1.82, 2.24) is 0 Å². The second-order valence-corrected chi connectivity index (χ2v) is 5.21. The molecule has 0 spiro atoms. The van der Waals surface area contributed by atoms with E-state index in [0.717, 1.165) is 12.3 Å². The Morgan fingerprint density at radius 1 is 1.20 bits per heavy atom. The number of rotatable bonds is 3. The SMILES string of the molecule is CCc1ccc(C2(C)CC2C)cc1CC. The molecule has 1 aromatic carbocycles. The summed E-state index contributed by atoms with van der Waals surface area (Å²) < 4.78 is 0. The van der Waals surface area contributed by atoms with E-state index in [-0.39, 0.29) is 0 Å². The van der Waals surface area contributed by atoms with Crippen LogP contribution in [0.4, 0.5) is 0 Å². The van der Waals surface area contributed by atoms with Gasteiger partial charge < -0.3 is 0 Å². The minimum atomic E-state index is 0.482. The van der Waals surface area contributed by atoms with Crippen LogP contribution in [0.1, 0.15) is 50.8 Å². The third-order valence-electron chi connectivity index (χ3n) is 4.29. The van der Waals surface area contributed by atoms with Crippen LogP contribution in [0.15, 0.2) is 18.2 Å². The van der Waals surface area contributed by atoms with Gasteiger partial charge in [-0.25, -0.2) is 0 Å². The van der Waals surface area contributed by atoms with E-state index in [4.69, 9.17) is 0 Å². The van der Waals surface area contributed by atoms with E-state index in [1.54, 1.807) is 11.1 Å². The maximum Gasteiger partial charge on any atom is -0.00464 e. The Balaban J connectivity index is 2.36. The van der Waals surface area contributed by atoms with Gasteiger partial charge >= 0.3 is 0 Å². The molecule has 0 N–H and O–H groups in total.